The second-order valence-electron chi connectivity index (χ2n) is 4.87. The average molecular weight is 256 g/mol. The van der Waals surface area contributed by atoms with Crippen LogP contribution in [0.3, 0.4) is 0 Å². The van der Waals surface area contributed by atoms with Crippen molar-refractivity contribution in [2.24, 2.45) is 0 Å². The second-order valence-corrected chi connectivity index (χ2v) is 5.28. The zero-order valence-electron chi connectivity index (χ0n) is 10.6. The lowest BCUT2D eigenvalue weighted by Gasteiger charge is -2.27. The lowest BCUT2D eigenvalue weighted by Crippen LogP contribution is -2.42. The summed E-state index contributed by atoms with van der Waals surface area (Å²) in [5.74, 6) is -0.340. The standard InChI is InChI=1S/C13H18ClNO2/c1-13(2,3)15-11(12(16)17-4)9-7-5-6-8-10(9)14/h5-8,11,15H,1-4H3/t11-/m1/s1. The van der Waals surface area contributed by atoms with Crippen LogP contribution >= 0.6 is 11.6 Å². The van der Waals surface area contributed by atoms with Crippen molar-refractivity contribution in [1.29, 1.82) is 0 Å². The summed E-state index contributed by atoms with van der Waals surface area (Å²) >= 11 is 6.10. The van der Waals surface area contributed by atoms with Gasteiger partial charge in [-0.2, -0.15) is 0 Å². The zero-order chi connectivity index (χ0) is 13.1. The first-order valence-electron chi connectivity index (χ1n) is 5.45. The molecule has 1 rings (SSSR count). The van der Waals surface area contributed by atoms with Gasteiger partial charge in [-0.15, -0.1) is 0 Å². The molecule has 0 bridgehead atoms. The predicted octanol–water partition coefficient (Wildman–Crippen LogP) is 2.94. The molecule has 94 valence electrons. The number of ether oxygens (including phenoxy) is 1. The number of rotatable bonds is 3. The van der Waals surface area contributed by atoms with Crippen LogP contribution in [0.1, 0.15) is 32.4 Å². The van der Waals surface area contributed by atoms with E-state index in [-0.39, 0.29) is 11.5 Å². The molecule has 0 unspecified atom stereocenters. The maximum absolute atomic E-state index is 11.8. The number of carbonyl (C=O) groups excluding carboxylic acids is 1. The van der Waals surface area contributed by atoms with Gasteiger partial charge in [0.2, 0.25) is 0 Å². The van der Waals surface area contributed by atoms with Crippen LogP contribution in [0.2, 0.25) is 5.02 Å². The fourth-order valence-electron chi connectivity index (χ4n) is 1.52. The first kappa shape index (κ1) is 14.0. The van der Waals surface area contributed by atoms with Gasteiger partial charge in [0.15, 0.2) is 0 Å². The number of halogens is 1. The molecule has 0 amide bonds. The maximum atomic E-state index is 11.8. The molecular weight excluding hydrogens is 238 g/mol. The monoisotopic (exact) mass is 255 g/mol. The van der Waals surface area contributed by atoms with E-state index in [1.807, 2.05) is 39.0 Å². The second kappa shape index (κ2) is 5.52. The SMILES string of the molecule is COC(=O)[C@H](NC(C)(C)C)c1ccccc1Cl. The molecule has 4 heteroatoms. The van der Waals surface area contributed by atoms with E-state index in [9.17, 15) is 4.79 Å². The Morgan fingerprint density at radius 1 is 1.35 bits per heavy atom. The number of hydrogen-bond donors (Lipinski definition) is 1. The van der Waals surface area contributed by atoms with Crippen molar-refractivity contribution in [3.05, 3.63) is 34.9 Å². The van der Waals surface area contributed by atoms with E-state index in [4.69, 9.17) is 16.3 Å². The van der Waals surface area contributed by atoms with Gasteiger partial charge in [-0.05, 0) is 32.4 Å². The molecule has 1 atom stereocenters. The van der Waals surface area contributed by atoms with Gasteiger partial charge in [-0.1, -0.05) is 29.8 Å². The molecule has 1 aromatic carbocycles. The zero-order valence-corrected chi connectivity index (χ0v) is 11.3. The Kier molecular flexibility index (Phi) is 4.54. The van der Waals surface area contributed by atoms with Crippen LogP contribution in [-0.2, 0) is 9.53 Å². The Bertz CT molecular complexity index is 399. The molecule has 0 aliphatic rings. The minimum atomic E-state index is -0.548. The van der Waals surface area contributed by atoms with Crippen molar-refractivity contribution in [3.8, 4) is 0 Å². The molecule has 0 saturated heterocycles. The van der Waals surface area contributed by atoms with Gasteiger partial charge in [-0.3, -0.25) is 5.32 Å². The largest absolute Gasteiger partial charge is 0.468 e. The molecule has 0 aromatic heterocycles. The van der Waals surface area contributed by atoms with E-state index in [1.54, 1.807) is 6.07 Å². The van der Waals surface area contributed by atoms with Gasteiger partial charge in [0.25, 0.3) is 0 Å². The van der Waals surface area contributed by atoms with Gasteiger partial charge in [0.1, 0.15) is 6.04 Å². The molecule has 0 aliphatic heterocycles. The first-order chi connectivity index (χ1) is 7.85. The van der Waals surface area contributed by atoms with Crippen molar-refractivity contribution in [3.63, 3.8) is 0 Å². The number of methoxy groups -OCH3 is 1. The van der Waals surface area contributed by atoms with Gasteiger partial charge >= 0.3 is 5.97 Å². The number of carbonyl (C=O) groups is 1. The Hall–Kier alpha value is -1.06. The minimum Gasteiger partial charge on any atom is -0.468 e. The van der Waals surface area contributed by atoms with Crippen molar-refractivity contribution >= 4 is 17.6 Å². The van der Waals surface area contributed by atoms with Crippen molar-refractivity contribution in [2.75, 3.05) is 7.11 Å². The number of benzene rings is 1. The van der Waals surface area contributed by atoms with Gasteiger partial charge < -0.3 is 4.74 Å². The maximum Gasteiger partial charge on any atom is 0.327 e. The number of nitrogens with one attached hydrogen (secondary N) is 1. The van der Waals surface area contributed by atoms with Crippen LogP contribution < -0.4 is 5.32 Å². The summed E-state index contributed by atoms with van der Waals surface area (Å²) in [6, 6.07) is 6.71. The Morgan fingerprint density at radius 2 is 1.94 bits per heavy atom. The van der Waals surface area contributed by atoms with Gasteiger partial charge in [0, 0.05) is 10.6 Å². The van der Waals surface area contributed by atoms with Crippen LogP contribution in [0.15, 0.2) is 24.3 Å². The van der Waals surface area contributed by atoms with Crippen LogP contribution in [0.4, 0.5) is 0 Å². The van der Waals surface area contributed by atoms with E-state index in [0.717, 1.165) is 5.56 Å². The van der Waals surface area contributed by atoms with Crippen LogP contribution in [-0.4, -0.2) is 18.6 Å². The molecule has 17 heavy (non-hydrogen) atoms. The van der Waals surface area contributed by atoms with Crippen LogP contribution in [0.25, 0.3) is 0 Å². The van der Waals surface area contributed by atoms with E-state index >= 15 is 0 Å². The van der Waals surface area contributed by atoms with Crippen molar-refractivity contribution < 1.29 is 9.53 Å². The normalized spacial score (nSPS) is 13.2. The lowest BCUT2D eigenvalue weighted by molar-refractivity contribution is -0.143. The van der Waals surface area contributed by atoms with Crippen molar-refractivity contribution in [1.82, 2.24) is 5.32 Å². The minimum absolute atomic E-state index is 0.210. The molecule has 0 radical (unpaired) electrons. The molecule has 0 aliphatic carbocycles. The fraction of sp³-hybridized carbons (Fsp3) is 0.462. The molecule has 0 heterocycles. The summed E-state index contributed by atoms with van der Waals surface area (Å²) in [6.45, 7) is 5.96. The predicted molar refractivity (Wildman–Crippen MR) is 69.1 cm³/mol. The first-order valence-corrected chi connectivity index (χ1v) is 5.83. The highest BCUT2D eigenvalue weighted by Gasteiger charge is 2.27. The smallest absolute Gasteiger partial charge is 0.327 e. The molecule has 3 nitrogen and oxygen atoms in total. The molecule has 0 spiro atoms. The average Bonchev–Trinajstić information content (AvgIpc) is 2.25. The summed E-state index contributed by atoms with van der Waals surface area (Å²) < 4.78 is 4.81. The van der Waals surface area contributed by atoms with Crippen LogP contribution in [0.5, 0.6) is 0 Å². The van der Waals surface area contributed by atoms with E-state index in [2.05, 4.69) is 5.32 Å². The highest BCUT2D eigenvalue weighted by molar-refractivity contribution is 6.31. The van der Waals surface area contributed by atoms with Gasteiger partial charge in [0.05, 0.1) is 7.11 Å². The van der Waals surface area contributed by atoms with Crippen molar-refractivity contribution in [2.45, 2.75) is 32.4 Å². The summed E-state index contributed by atoms with van der Waals surface area (Å²) in [4.78, 5) is 11.8. The molecule has 0 fully saturated rings. The third-order valence-corrected chi connectivity index (χ3v) is 2.57. The summed E-state index contributed by atoms with van der Waals surface area (Å²) in [5.41, 5.74) is 0.522. The lowest BCUT2D eigenvalue weighted by atomic mass is 10.0. The summed E-state index contributed by atoms with van der Waals surface area (Å²) in [5, 5.41) is 3.76. The molecule has 1 aromatic rings. The highest BCUT2D eigenvalue weighted by atomic mass is 35.5. The topological polar surface area (TPSA) is 38.3 Å². The van der Waals surface area contributed by atoms with E-state index in [1.165, 1.54) is 7.11 Å². The van der Waals surface area contributed by atoms with E-state index in [0.29, 0.717) is 5.02 Å². The fourth-order valence-corrected chi connectivity index (χ4v) is 1.77. The summed E-state index contributed by atoms with van der Waals surface area (Å²) in [7, 11) is 1.37. The quantitative estimate of drug-likeness (QED) is 0.844. The van der Waals surface area contributed by atoms with Gasteiger partial charge in [-0.25, -0.2) is 4.79 Å². The molecular formula is C13H18ClNO2. The number of hydrogen-bond acceptors (Lipinski definition) is 3. The Labute approximate surface area is 107 Å². The molecule has 1 N–H and O–H groups in total. The van der Waals surface area contributed by atoms with E-state index < -0.39 is 6.04 Å². The molecule has 0 saturated carbocycles. The number of esters is 1. The highest BCUT2D eigenvalue weighted by Crippen LogP contribution is 2.25. The third kappa shape index (κ3) is 4.02. The summed E-state index contributed by atoms with van der Waals surface area (Å²) in [6.07, 6.45) is 0. The Morgan fingerprint density at radius 3 is 2.41 bits per heavy atom. The Balaban J connectivity index is 3.07. The third-order valence-electron chi connectivity index (χ3n) is 2.23. The van der Waals surface area contributed by atoms with Crippen LogP contribution in [0, 0.1) is 0 Å².